The molecule has 1 atom stereocenters. The van der Waals surface area contributed by atoms with Crippen molar-refractivity contribution < 1.29 is 9.84 Å². The van der Waals surface area contributed by atoms with Crippen LogP contribution in [-0.2, 0) is 0 Å². The molecule has 108 valence electrons. The lowest BCUT2D eigenvalue weighted by molar-refractivity contribution is 0.104. The Balaban J connectivity index is 1.82. The van der Waals surface area contributed by atoms with Crippen molar-refractivity contribution in [2.75, 3.05) is 13.2 Å². The number of aliphatic hydroxyl groups is 1. The van der Waals surface area contributed by atoms with Crippen molar-refractivity contribution in [3.63, 3.8) is 0 Å². The monoisotopic (exact) mass is 274 g/mol. The van der Waals surface area contributed by atoms with E-state index in [9.17, 15) is 5.11 Å². The molecule has 4 heteroatoms. The highest BCUT2D eigenvalue weighted by molar-refractivity contribution is 5.37. The van der Waals surface area contributed by atoms with Gasteiger partial charge in [0.1, 0.15) is 18.5 Å². The maximum atomic E-state index is 9.77. The molecule has 4 nitrogen and oxygen atoms in total. The van der Waals surface area contributed by atoms with Crippen LogP contribution in [0.4, 0.5) is 0 Å². The normalized spacial score (nSPS) is 12.6. The van der Waals surface area contributed by atoms with E-state index in [-0.39, 0.29) is 0 Å². The third-order valence-corrected chi connectivity index (χ3v) is 2.94. The number of hydrogen-bond acceptors (Lipinski definition) is 3. The van der Waals surface area contributed by atoms with E-state index in [0.717, 1.165) is 11.4 Å². The zero-order valence-corrected chi connectivity index (χ0v) is 12.0. The fourth-order valence-electron chi connectivity index (χ4n) is 1.84. The van der Waals surface area contributed by atoms with Gasteiger partial charge in [-0.3, -0.25) is 0 Å². The van der Waals surface area contributed by atoms with Crippen LogP contribution in [0.5, 0.6) is 5.75 Å². The Morgan fingerprint density at radius 3 is 2.40 bits per heavy atom. The molecular weight excluding hydrogens is 252 g/mol. The molecule has 2 N–H and O–H groups in total. The molecule has 0 amide bonds. The first-order chi connectivity index (χ1) is 9.65. The number of nitrogens with zero attached hydrogens (tertiary/aromatic N) is 1. The summed E-state index contributed by atoms with van der Waals surface area (Å²) in [6.45, 7) is 4.93. The second-order valence-electron chi connectivity index (χ2n) is 5.11. The number of rotatable bonds is 7. The van der Waals surface area contributed by atoms with Gasteiger partial charge in [0.05, 0.1) is 0 Å². The lowest BCUT2D eigenvalue weighted by atomic mass is 10.3. The van der Waals surface area contributed by atoms with Crippen LogP contribution < -0.4 is 10.1 Å². The average molecular weight is 274 g/mol. The zero-order chi connectivity index (χ0) is 14.4. The zero-order valence-electron chi connectivity index (χ0n) is 12.0. The van der Waals surface area contributed by atoms with Crippen LogP contribution in [0.25, 0.3) is 5.69 Å². The molecule has 1 unspecified atom stereocenters. The SMILES string of the molecule is CC(C)NCC(O)COc1ccc(-n2cccc2)cc1. The van der Waals surface area contributed by atoms with Gasteiger partial charge in [0.15, 0.2) is 0 Å². The van der Waals surface area contributed by atoms with Gasteiger partial charge in [0.25, 0.3) is 0 Å². The van der Waals surface area contributed by atoms with E-state index in [1.54, 1.807) is 0 Å². The van der Waals surface area contributed by atoms with Gasteiger partial charge in [-0.25, -0.2) is 0 Å². The second-order valence-corrected chi connectivity index (χ2v) is 5.11. The van der Waals surface area contributed by atoms with Gasteiger partial charge in [-0.2, -0.15) is 0 Å². The van der Waals surface area contributed by atoms with E-state index in [1.807, 2.05) is 67.2 Å². The van der Waals surface area contributed by atoms with Gasteiger partial charge in [-0.15, -0.1) is 0 Å². The minimum absolute atomic E-state index is 0.294. The molecule has 0 aliphatic heterocycles. The van der Waals surface area contributed by atoms with Gasteiger partial charge in [-0.05, 0) is 36.4 Å². The molecule has 0 aliphatic carbocycles. The molecular formula is C16H22N2O2. The van der Waals surface area contributed by atoms with Gasteiger partial charge in [-0.1, -0.05) is 13.8 Å². The number of aliphatic hydroxyl groups excluding tert-OH is 1. The Morgan fingerprint density at radius 2 is 1.80 bits per heavy atom. The van der Waals surface area contributed by atoms with E-state index >= 15 is 0 Å². The van der Waals surface area contributed by atoms with E-state index in [1.165, 1.54) is 0 Å². The van der Waals surface area contributed by atoms with Crippen LogP contribution in [0.15, 0.2) is 48.8 Å². The summed E-state index contributed by atoms with van der Waals surface area (Å²) in [7, 11) is 0. The van der Waals surface area contributed by atoms with Crippen molar-refractivity contribution in [3.8, 4) is 11.4 Å². The molecule has 0 saturated carbocycles. The van der Waals surface area contributed by atoms with Crippen LogP contribution in [0, 0.1) is 0 Å². The Kier molecular flexibility index (Phi) is 5.21. The molecule has 0 bridgehead atoms. The fourth-order valence-corrected chi connectivity index (χ4v) is 1.84. The van der Waals surface area contributed by atoms with E-state index in [0.29, 0.717) is 19.2 Å². The maximum absolute atomic E-state index is 9.77. The van der Waals surface area contributed by atoms with Gasteiger partial charge < -0.3 is 19.7 Å². The molecule has 2 rings (SSSR count). The molecule has 1 aromatic heterocycles. The summed E-state index contributed by atoms with van der Waals surface area (Å²) < 4.78 is 7.61. The standard InChI is InChI=1S/C16H22N2O2/c1-13(2)17-11-15(19)12-20-16-7-5-14(6-8-16)18-9-3-4-10-18/h3-10,13,15,17,19H,11-12H2,1-2H3. The van der Waals surface area contributed by atoms with E-state index in [2.05, 4.69) is 5.32 Å². The van der Waals surface area contributed by atoms with Crippen molar-refractivity contribution in [2.24, 2.45) is 0 Å². The first-order valence-corrected chi connectivity index (χ1v) is 6.93. The van der Waals surface area contributed by atoms with Crippen LogP contribution in [-0.4, -0.2) is 35.0 Å². The number of nitrogens with one attached hydrogen (secondary N) is 1. The maximum Gasteiger partial charge on any atom is 0.119 e. The molecule has 0 spiro atoms. The Morgan fingerprint density at radius 1 is 1.15 bits per heavy atom. The molecule has 2 aromatic rings. The van der Waals surface area contributed by atoms with Gasteiger partial charge >= 0.3 is 0 Å². The van der Waals surface area contributed by atoms with Crippen molar-refractivity contribution >= 4 is 0 Å². The molecule has 1 heterocycles. The quantitative estimate of drug-likeness (QED) is 0.814. The highest BCUT2D eigenvalue weighted by atomic mass is 16.5. The van der Waals surface area contributed by atoms with Crippen molar-refractivity contribution in [1.29, 1.82) is 0 Å². The topological polar surface area (TPSA) is 46.4 Å². The summed E-state index contributed by atoms with van der Waals surface area (Å²) in [5, 5.41) is 12.9. The van der Waals surface area contributed by atoms with E-state index < -0.39 is 6.10 Å². The largest absolute Gasteiger partial charge is 0.491 e. The highest BCUT2D eigenvalue weighted by Crippen LogP contribution is 2.15. The smallest absolute Gasteiger partial charge is 0.119 e. The Hall–Kier alpha value is -1.78. The average Bonchev–Trinajstić information content (AvgIpc) is 2.97. The summed E-state index contributed by atoms with van der Waals surface area (Å²) >= 11 is 0. The molecule has 1 aromatic carbocycles. The summed E-state index contributed by atoms with van der Waals surface area (Å²) in [6, 6.07) is 12.2. The first-order valence-electron chi connectivity index (χ1n) is 6.93. The lowest BCUT2D eigenvalue weighted by Crippen LogP contribution is -2.35. The predicted octanol–water partition coefficient (Wildman–Crippen LogP) is 2.21. The number of benzene rings is 1. The van der Waals surface area contributed by atoms with Crippen LogP contribution >= 0.6 is 0 Å². The summed E-state index contributed by atoms with van der Waals surface area (Å²) in [4.78, 5) is 0. The summed E-state index contributed by atoms with van der Waals surface area (Å²) in [6.07, 6.45) is 3.50. The number of ether oxygens (including phenoxy) is 1. The molecule has 20 heavy (non-hydrogen) atoms. The molecule has 0 radical (unpaired) electrons. The van der Waals surface area contributed by atoms with Crippen molar-refractivity contribution in [3.05, 3.63) is 48.8 Å². The van der Waals surface area contributed by atoms with Gasteiger partial charge in [0.2, 0.25) is 0 Å². The minimum atomic E-state index is -0.499. The third kappa shape index (κ3) is 4.40. The number of hydrogen-bond donors (Lipinski definition) is 2. The fraction of sp³-hybridized carbons (Fsp3) is 0.375. The molecule has 0 fully saturated rings. The van der Waals surface area contributed by atoms with Crippen LogP contribution in [0.3, 0.4) is 0 Å². The number of aromatic nitrogens is 1. The van der Waals surface area contributed by atoms with Crippen molar-refractivity contribution in [2.45, 2.75) is 26.0 Å². The van der Waals surface area contributed by atoms with Crippen LogP contribution in [0.2, 0.25) is 0 Å². The van der Waals surface area contributed by atoms with Crippen LogP contribution in [0.1, 0.15) is 13.8 Å². The van der Waals surface area contributed by atoms with Crippen molar-refractivity contribution in [1.82, 2.24) is 9.88 Å². The highest BCUT2D eigenvalue weighted by Gasteiger charge is 2.06. The lowest BCUT2D eigenvalue weighted by Gasteiger charge is -2.15. The predicted molar refractivity (Wildman–Crippen MR) is 80.4 cm³/mol. The molecule has 0 aliphatic rings. The first kappa shape index (κ1) is 14.6. The van der Waals surface area contributed by atoms with E-state index in [4.69, 9.17) is 4.74 Å². The summed E-state index contributed by atoms with van der Waals surface area (Å²) in [5.74, 6) is 0.768. The molecule has 0 saturated heterocycles. The minimum Gasteiger partial charge on any atom is -0.491 e. The van der Waals surface area contributed by atoms with Gasteiger partial charge in [0, 0.05) is 30.7 Å². The Bertz CT molecular complexity index is 492. The third-order valence-electron chi connectivity index (χ3n) is 2.94. The Labute approximate surface area is 120 Å². The second kappa shape index (κ2) is 7.12. The summed E-state index contributed by atoms with van der Waals surface area (Å²) in [5.41, 5.74) is 1.09.